The number of H-pyrrole nitrogens is 1. The summed E-state index contributed by atoms with van der Waals surface area (Å²) in [5.74, 6) is 0.870. The lowest BCUT2D eigenvalue weighted by Gasteiger charge is -2.08. The first-order valence-corrected chi connectivity index (χ1v) is 8.03. The number of hydrogen-bond donors (Lipinski definition) is 1. The number of benzene rings is 2. The number of nitrogens with one attached hydrogen (secondary N) is 1. The third kappa shape index (κ3) is 4.91. The molecule has 0 aliphatic heterocycles. The van der Waals surface area contributed by atoms with E-state index in [1.807, 2.05) is 60.8 Å². The van der Waals surface area contributed by atoms with Crippen LogP contribution in [0.5, 0.6) is 5.75 Å². The Morgan fingerprint density at radius 3 is 2.38 bits per heavy atom. The van der Waals surface area contributed by atoms with Crippen molar-refractivity contribution in [2.75, 3.05) is 6.61 Å². The molecule has 1 aromatic heterocycles. The van der Waals surface area contributed by atoms with Gasteiger partial charge < -0.3 is 9.72 Å². The van der Waals surface area contributed by atoms with Crippen LogP contribution >= 0.6 is 24.6 Å². The summed E-state index contributed by atoms with van der Waals surface area (Å²) in [5.41, 5.74) is 3.24. The van der Waals surface area contributed by atoms with Gasteiger partial charge in [-0.15, -0.1) is 12.4 Å². The maximum absolute atomic E-state index is 5.77. The van der Waals surface area contributed by atoms with Gasteiger partial charge in [0, 0.05) is 11.9 Å². The van der Waals surface area contributed by atoms with Crippen molar-refractivity contribution >= 4 is 29.5 Å². The van der Waals surface area contributed by atoms with Gasteiger partial charge in [-0.25, -0.2) is 4.98 Å². The fraction of sp³-hybridized carbons (Fsp3) is 0.158. The third-order valence-electron chi connectivity index (χ3n) is 3.57. The Bertz CT molecular complexity index is 743. The van der Waals surface area contributed by atoms with Crippen LogP contribution in [0, 0.1) is 0 Å². The van der Waals surface area contributed by atoms with Crippen molar-refractivity contribution in [1.82, 2.24) is 9.97 Å². The Balaban J connectivity index is 0.00000208. The lowest BCUT2D eigenvalue weighted by atomic mass is 10.0. The van der Waals surface area contributed by atoms with Crippen molar-refractivity contribution < 1.29 is 4.74 Å². The van der Waals surface area contributed by atoms with Crippen LogP contribution in [0.3, 0.4) is 0 Å². The molecule has 3 nitrogen and oxygen atoms in total. The van der Waals surface area contributed by atoms with E-state index in [4.69, 9.17) is 17.0 Å². The molecule has 24 heavy (non-hydrogen) atoms. The van der Waals surface area contributed by atoms with E-state index < -0.39 is 0 Å². The molecular formula is C19H19ClN2OS. The summed E-state index contributed by atoms with van der Waals surface area (Å²) < 4.78 is 5.77. The van der Waals surface area contributed by atoms with Crippen LogP contribution < -0.4 is 4.74 Å². The first kappa shape index (κ1) is 18.2. The number of aryl methyl sites for hydroxylation is 1. The molecule has 0 saturated carbocycles. The van der Waals surface area contributed by atoms with Crippen LogP contribution in [0.1, 0.15) is 23.2 Å². The highest BCUT2D eigenvalue weighted by molar-refractivity contribution is 7.81. The van der Waals surface area contributed by atoms with E-state index in [0.29, 0.717) is 6.61 Å². The van der Waals surface area contributed by atoms with Gasteiger partial charge in [-0.05, 0) is 48.2 Å². The molecule has 0 radical (unpaired) electrons. The standard InChI is InChI=1S/C19H18N2OS.ClH/c23-19(15-5-2-1-3-6-15)16-8-10-18(11-9-16)22-12-4-7-17-13-20-14-21-17;/h1-3,5-6,8-11,13-14H,4,7,12H2,(H,20,21);1H. The average Bonchev–Trinajstić information content (AvgIpc) is 3.13. The first-order chi connectivity index (χ1) is 11.3. The second-order valence-corrected chi connectivity index (χ2v) is 5.66. The Hall–Kier alpha value is -2.17. The van der Waals surface area contributed by atoms with E-state index in [2.05, 4.69) is 9.97 Å². The van der Waals surface area contributed by atoms with Gasteiger partial charge in [0.05, 0.1) is 17.8 Å². The molecule has 0 unspecified atom stereocenters. The van der Waals surface area contributed by atoms with Gasteiger partial charge in [-0.1, -0.05) is 42.5 Å². The van der Waals surface area contributed by atoms with Crippen molar-refractivity contribution in [3.05, 3.63) is 83.9 Å². The topological polar surface area (TPSA) is 37.9 Å². The summed E-state index contributed by atoms with van der Waals surface area (Å²) in [6, 6.07) is 18.0. The highest BCUT2D eigenvalue weighted by Gasteiger charge is 2.04. The van der Waals surface area contributed by atoms with Crippen molar-refractivity contribution in [2.45, 2.75) is 12.8 Å². The second-order valence-electron chi connectivity index (χ2n) is 5.25. The zero-order valence-electron chi connectivity index (χ0n) is 13.1. The van der Waals surface area contributed by atoms with E-state index in [0.717, 1.165) is 40.3 Å². The fourth-order valence-electron chi connectivity index (χ4n) is 2.33. The normalized spacial score (nSPS) is 10.0. The van der Waals surface area contributed by atoms with E-state index >= 15 is 0 Å². The smallest absolute Gasteiger partial charge is 0.119 e. The van der Waals surface area contributed by atoms with Gasteiger partial charge in [0.25, 0.3) is 0 Å². The van der Waals surface area contributed by atoms with Crippen molar-refractivity contribution in [2.24, 2.45) is 0 Å². The molecule has 0 amide bonds. The molecule has 2 aromatic carbocycles. The minimum Gasteiger partial charge on any atom is -0.494 e. The zero-order valence-corrected chi connectivity index (χ0v) is 14.8. The monoisotopic (exact) mass is 358 g/mol. The molecule has 1 N–H and O–H groups in total. The fourth-order valence-corrected chi connectivity index (χ4v) is 2.60. The number of aromatic nitrogens is 2. The van der Waals surface area contributed by atoms with Crippen molar-refractivity contribution in [1.29, 1.82) is 0 Å². The number of hydrogen-bond acceptors (Lipinski definition) is 3. The van der Waals surface area contributed by atoms with Crippen molar-refractivity contribution in [3.8, 4) is 5.75 Å². The number of aromatic amines is 1. The molecule has 3 aromatic rings. The number of thiocarbonyl (C=S) groups is 1. The van der Waals surface area contributed by atoms with E-state index in [-0.39, 0.29) is 12.4 Å². The van der Waals surface area contributed by atoms with Gasteiger partial charge in [-0.2, -0.15) is 0 Å². The molecular weight excluding hydrogens is 340 g/mol. The number of imidazole rings is 1. The predicted octanol–water partition coefficient (Wildman–Crippen LogP) is 4.61. The van der Waals surface area contributed by atoms with Gasteiger partial charge >= 0.3 is 0 Å². The number of rotatable bonds is 7. The van der Waals surface area contributed by atoms with Gasteiger partial charge in [0.1, 0.15) is 5.75 Å². The molecule has 0 bridgehead atoms. The molecule has 0 fully saturated rings. The van der Waals surface area contributed by atoms with Gasteiger partial charge in [-0.3, -0.25) is 0 Å². The molecule has 0 spiro atoms. The van der Waals surface area contributed by atoms with Gasteiger partial charge in [0.15, 0.2) is 0 Å². The van der Waals surface area contributed by atoms with Crippen LogP contribution in [0.2, 0.25) is 0 Å². The SMILES string of the molecule is Cl.S=C(c1ccccc1)c1ccc(OCCCc2cnc[nH]2)cc1. The first-order valence-electron chi connectivity index (χ1n) is 7.63. The maximum atomic E-state index is 5.77. The van der Waals surface area contributed by atoms with Gasteiger partial charge in [0.2, 0.25) is 0 Å². The molecule has 5 heteroatoms. The predicted molar refractivity (Wildman–Crippen MR) is 103 cm³/mol. The maximum Gasteiger partial charge on any atom is 0.119 e. The lowest BCUT2D eigenvalue weighted by Crippen LogP contribution is -2.01. The Morgan fingerprint density at radius 1 is 1.00 bits per heavy atom. The zero-order chi connectivity index (χ0) is 15.9. The molecule has 0 aliphatic carbocycles. The Labute approximate surface area is 153 Å². The Morgan fingerprint density at radius 2 is 1.71 bits per heavy atom. The van der Waals surface area contributed by atoms with Crippen LogP contribution in [-0.4, -0.2) is 21.4 Å². The highest BCUT2D eigenvalue weighted by Crippen LogP contribution is 2.16. The summed E-state index contributed by atoms with van der Waals surface area (Å²) in [6.45, 7) is 0.682. The largest absolute Gasteiger partial charge is 0.494 e. The van der Waals surface area contributed by atoms with Crippen molar-refractivity contribution in [3.63, 3.8) is 0 Å². The summed E-state index contributed by atoms with van der Waals surface area (Å²) in [5, 5.41) is 0. The molecule has 124 valence electrons. The number of halogens is 1. The lowest BCUT2D eigenvalue weighted by molar-refractivity contribution is 0.310. The van der Waals surface area contributed by atoms with E-state index in [1.54, 1.807) is 6.33 Å². The highest BCUT2D eigenvalue weighted by atomic mass is 35.5. The third-order valence-corrected chi connectivity index (χ3v) is 4.04. The summed E-state index contributed by atoms with van der Waals surface area (Å²) in [4.78, 5) is 7.95. The second kappa shape index (κ2) is 9.21. The average molecular weight is 359 g/mol. The van der Waals surface area contributed by atoms with E-state index in [1.165, 1.54) is 0 Å². The summed E-state index contributed by atoms with van der Waals surface area (Å²) >= 11 is 5.53. The van der Waals surface area contributed by atoms with Crippen LogP contribution in [0.4, 0.5) is 0 Å². The minimum atomic E-state index is 0. The molecule has 1 heterocycles. The minimum absolute atomic E-state index is 0. The Kier molecular flexibility index (Phi) is 6.97. The molecule has 0 saturated heterocycles. The summed E-state index contributed by atoms with van der Waals surface area (Å²) in [7, 11) is 0. The summed E-state index contributed by atoms with van der Waals surface area (Å²) in [6.07, 6.45) is 5.44. The quantitative estimate of drug-likeness (QED) is 0.381. The molecule has 0 atom stereocenters. The molecule has 0 aliphatic rings. The molecule has 3 rings (SSSR count). The van der Waals surface area contributed by atoms with Crippen LogP contribution in [0.25, 0.3) is 0 Å². The van der Waals surface area contributed by atoms with E-state index in [9.17, 15) is 0 Å². The van der Waals surface area contributed by atoms with Crippen LogP contribution in [0.15, 0.2) is 67.1 Å². The number of ether oxygens (including phenoxy) is 1. The number of nitrogens with zero attached hydrogens (tertiary/aromatic N) is 1. The van der Waals surface area contributed by atoms with Crippen LogP contribution in [-0.2, 0) is 6.42 Å².